The minimum absolute atomic E-state index is 0.0524. The van der Waals surface area contributed by atoms with Gasteiger partial charge < -0.3 is 9.64 Å². The first-order valence-electron chi connectivity index (χ1n) is 8.39. The Kier molecular flexibility index (Phi) is 5.34. The first-order valence-corrected chi connectivity index (χ1v) is 8.39. The number of hydrogen-bond acceptors (Lipinski definition) is 6. The van der Waals surface area contributed by atoms with Crippen molar-refractivity contribution in [2.24, 2.45) is 0 Å². The molecule has 0 radical (unpaired) electrons. The molecule has 3 rings (SSSR count). The van der Waals surface area contributed by atoms with Crippen molar-refractivity contribution in [3.05, 3.63) is 63.7 Å². The van der Waals surface area contributed by atoms with Crippen LogP contribution in [0.2, 0.25) is 0 Å². The quantitative estimate of drug-likeness (QED) is 0.608. The van der Waals surface area contributed by atoms with Crippen LogP contribution >= 0.6 is 0 Å². The largest absolute Gasteiger partial charge is 0.497 e. The van der Waals surface area contributed by atoms with E-state index < -0.39 is 4.92 Å². The molecule has 26 heavy (non-hydrogen) atoms. The number of non-ortho nitro benzene ring substituents is 1. The van der Waals surface area contributed by atoms with Crippen molar-refractivity contribution in [2.75, 3.05) is 38.2 Å². The molecule has 0 spiro atoms. The Morgan fingerprint density at radius 3 is 2.42 bits per heavy atom. The second-order valence-electron chi connectivity index (χ2n) is 6.18. The summed E-state index contributed by atoms with van der Waals surface area (Å²) in [6.45, 7) is 4.16. The topological polar surface area (TPSA) is 82.6 Å². The minimum atomic E-state index is -0.475. The zero-order chi connectivity index (χ0) is 18.5. The van der Waals surface area contributed by atoms with Gasteiger partial charge in [0.1, 0.15) is 11.8 Å². The molecule has 1 fully saturated rings. The number of nitrogens with zero attached hydrogens (tertiary/aromatic N) is 4. The molecule has 0 amide bonds. The summed E-state index contributed by atoms with van der Waals surface area (Å²) in [5.74, 6) is 0.848. The van der Waals surface area contributed by atoms with Crippen LogP contribution in [0.1, 0.15) is 11.1 Å². The maximum absolute atomic E-state index is 10.9. The zero-order valence-corrected chi connectivity index (χ0v) is 14.6. The number of anilines is 1. The third kappa shape index (κ3) is 3.92. The number of nitro groups is 1. The molecular formula is C19H20N4O3. The highest BCUT2D eigenvalue weighted by Crippen LogP contribution is 2.26. The Hall–Kier alpha value is -3.11. The van der Waals surface area contributed by atoms with Crippen LogP contribution in [-0.4, -0.2) is 43.1 Å². The number of rotatable bonds is 5. The monoisotopic (exact) mass is 352 g/mol. The lowest BCUT2D eigenvalue weighted by atomic mass is 10.1. The van der Waals surface area contributed by atoms with Gasteiger partial charge in [-0.3, -0.25) is 15.0 Å². The van der Waals surface area contributed by atoms with Gasteiger partial charge in [-0.1, -0.05) is 12.1 Å². The fraction of sp³-hybridized carbons (Fsp3) is 0.316. The number of methoxy groups -OCH3 is 1. The van der Waals surface area contributed by atoms with E-state index in [-0.39, 0.29) is 5.69 Å². The standard InChI is InChI=1S/C19H20N4O3/c1-26-18-5-2-15(3-6-18)14-21-8-10-22(11-9-21)19-7-4-17(23(24)25)12-16(19)13-20/h2-7,12H,8-11,14H2,1H3. The molecule has 7 heteroatoms. The number of benzene rings is 2. The number of nitriles is 1. The zero-order valence-electron chi connectivity index (χ0n) is 14.6. The van der Waals surface area contributed by atoms with Crippen LogP contribution in [-0.2, 0) is 6.54 Å². The summed E-state index contributed by atoms with van der Waals surface area (Å²) in [7, 11) is 1.65. The van der Waals surface area contributed by atoms with E-state index in [1.54, 1.807) is 13.2 Å². The predicted molar refractivity (Wildman–Crippen MR) is 98.3 cm³/mol. The molecule has 0 atom stereocenters. The summed E-state index contributed by atoms with van der Waals surface area (Å²) in [4.78, 5) is 14.9. The Balaban J connectivity index is 1.63. The maximum atomic E-state index is 10.9. The Morgan fingerprint density at radius 1 is 1.15 bits per heavy atom. The van der Waals surface area contributed by atoms with E-state index in [2.05, 4.69) is 28.0 Å². The van der Waals surface area contributed by atoms with Crippen LogP contribution in [0.15, 0.2) is 42.5 Å². The van der Waals surface area contributed by atoms with E-state index in [0.717, 1.165) is 44.2 Å². The summed E-state index contributed by atoms with van der Waals surface area (Å²) in [6.07, 6.45) is 0. The molecule has 2 aromatic rings. The average Bonchev–Trinajstić information content (AvgIpc) is 2.68. The summed E-state index contributed by atoms with van der Waals surface area (Å²) in [5.41, 5.74) is 2.29. The van der Waals surface area contributed by atoms with E-state index in [1.807, 2.05) is 12.1 Å². The number of hydrogen-bond donors (Lipinski definition) is 0. The van der Waals surface area contributed by atoms with Gasteiger partial charge in [-0.25, -0.2) is 0 Å². The highest BCUT2D eigenvalue weighted by molar-refractivity contribution is 5.63. The summed E-state index contributed by atoms with van der Waals surface area (Å²) in [6, 6.07) is 14.6. The van der Waals surface area contributed by atoms with Gasteiger partial charge in [0.25, 0.3) is 5.69 Å². The lowest BCUT2D eigenvalue weighted by Gasteiger charge is -2.36. The molecule has 1 aliphatic rings. The molecule has 0 aliphatic carbocycles. The molecule has 1 heterocycles. The van der Waals surface area contributed by atoms with E-state index in [4.69, 9.17) is 4.74 Å². The van der Waals surface area contributed by atoms with Crippen LogP contribution in [0.25, 0.3) is 0 Å². The van der Waals surface area contributed by atoms with Gasteiger partial charge in [-0.15, -0.1) is 0 Å². The molecule has 1 saturated heterocycles. The molecule has 2 aromatic carbocycles. The second kappa shape index (κ2) is 7.85. The third-order valence-corrected chi connectivity index (χ3v) is 4.59. The third-order valence-electron chi connectivity index (χ3n) is 4.59. The van der Waals surface area contributed by atoms with Crippen molar-refractivity contribution >= 4 is 11.4 Å². The van der Waals surface area contributed by atoms with Crippen molar-refractivity contribution in [1.29, 1.82) is 5.26 Å². The van der Waals surface area contributed by atoms with Crippen LogP contribution in [0.5, 0.6) is 5.75 Å². The smallest absolute Gasteiger partial charge is 0.270 e. The highest BCUT2D eigenvalue weighted by atomic mass is 16.6. The lowest BCUT2D eigenvalue weighted by Crippen LogP contribution is -2.46. The van der Waals surface area contributed by atoms with Crippen LogP contribution in [0.4, 0.5) is 11.4 Å². The minimum Gasteiger partial charge on any atom is -0.497 e. The fourth-order valence-corrected chi connectivity index (χ4v) is 3.14. The fourth-order valence-electron chi connectivity index (χ4n) is 3.14. The van der Waals surface area contributed by atoms with Crippen LogP contribution in [0, 0.1) is 21.4 Å². The summed E-state index contributed by atoms with van der Waals surface area (Å²) < 4.78 is 5.18. The second-order valence-corrected chi connectivity index (χ2v) is 6.18. The van der Waals surface area contributed by atoms with Crippen LogP contribution < -0.4 is 9.64 Å². The predicted octanol–water partition coefficient (Wildman–Crippen LogP) is 2.80. The van der Waals surface area contributed by atoms with Gasteiger partial charge >= 0.3 is 0 Å². The Labute approximate surface area is 152 Å². The highest BCUT2D eigenvalue weighted by Gasteiger charge is 2.21. The Bertz CT molecular complexity index is 822. The van der Waals surface area contributed by atoms with Gasteiger partial charge in [0.15, 0.2) is 0 Å². The van der Waals surface area contributed by atoms with Crippen molar-refractivity contribution < 1.29 is 9.66 Å². The molecule has 7 nitrogen and oxygen atoms in total. The average molecular weight is 352 g/mol. The molecular weight excluding hydrogens is 332 g/mol. The van der Waals surface area contributed by atoms with E-state index >= 15 is 0 Å². The first kappa shape index (κ1) is 17.7. The normalized spacial score (nSPS) is 14.7. The van der Waals surface area contributed by atoms with Gasteiger partial charge in [0.05, 0.1) is 23.3 Å². The molecule has 0 bridgehead atoms. The van der Waals surface area contributed by atoms with Crippen LogP contribution in [0.3, 0.4) is 0 Å². The van der Waals surface area contributed by atoms with E-state index in [1.165, 1.54) is 17.7 Å². The van der Waals surface area contributed by atoms with Gasteiger partial charge in [0, 0.05) is 44.9 Å². The van der Waals surface area contributed by atoms with Gasteiger partial charge in [0.2, 0.25) is 0 Å². The molecule has 0 N–H and O–H groups in total. The maximum Gasteiger partial charge on any atom is 0.270 e. The van der Waals surface area contributed by atoms with Gasteiger partial charge in [-0.05, 0) is 23.8 Å². The van der Waals surface area contributed by atoms with E-state index in [9.17, 15) is 15.4 Å². The SMILES string of the molecule is COc1ccc(CN2CCN(c3ccc([N+](=O)[O-])cc3C#N)CC2)cc1. The van der Waals surface area contributed by atoms with Crippen molar-refractivity contribution in [3.63, 3.8) is 0 Å². The van der Waals surface area contributed by atoms with E-state index in [0.29, 0.717) is 5.56 Å². The van der Waals surface area contributed by atoms with Crippen molar-refractivity contribution in [2.45, 2.75) is 6.54 Å². The van der Waals surface area contributed by atoms with Crippen molar-refractivity contribution in [3.8, 4) is 11.8 Å². The molecule has 1 aliphatic heterocycles. The summed E-state index contributed by atoms with van der Waals surface area (Å²) >= 11 is 0. The number of ether oxygens (including phenoxy) is 1. The lowest BCUT2D eigenvalue weighted by molar-refractivity contribution is -0.384. The molecule has 0 aromatic heterocycles. The molecule has 0 unspecified atom stereocenters. The Morgan fingerprint density at radius 2 is 1.85 bits per heavy atom. The molecule has 0 saturated carbocycles. The number of nitro benzene ring substituents is 1. The van der Waals surface area contributed by atoms with Crippen molar-refractivity contribution in [1.82, 2.24) is 4.90 Å². The summed E-state index contributed by atoms with van der Waals surface area (Å²) in [5, 5.41) is 20.2. The first-order chi connectivity index (χ1) is 12.6. The van der Waals surface area contributed by atoms with Gasteiger partial charge in [-0.2, -0.15) is 5.26 Å². The number of piperazine rings is 1. The molecule has 134 valence electrons.